The van der Waals surface area contributed by atoms with Crippen molar-refractivity contribution in [1.82, 2.24) is 14.1 Å². The number of hydrogen-bond donors (Lipinski definition) is 0. The third-order valence-corrected chi connectivity index (χ3v) is 8.80. The van der Waals surface area contributed by atoms with Crippen molar-refractivity contribution in [3.05, 3.63) is 164 Å². The fourth-order valence-corrected chi connectivity index (χ4v) is 6.79. The molecule has 0 fully saturated rings. The summed E-state index contributed by atoms with van der Waals surface area (Å²) in [5.41, 5.74) is 11.8. The molecule has 0 radical (unpaired) electrons. The second-order valence-electron chi connectivity index (χ2n) is 11.3. The molecule has 0 unspecified atom stereocenters. The van der Waals surface area contributed by atoms with Crippen molar-refractivity contribution in [2.75, 3.05) is 0 Å². The van der Waals surface area contributed by atoms with Gasteiger partial charge in [-0.25, -0.2) is 0 Å². The number of pyridine rings is 1. The average molecular weight is 562 g/mol. The summed E-state index contributed by atoms with van der Waals surface area (Å²) in [5.74, 6) is 0. The molecule has 0 bridgehead atoms. The van der Waals surface area contributed by atoms with Crippen LogP contribution in [0.5, 0.6) is 0 Å². The molecule has 0 amide bonds. The van der Waals surface area contributed by atoms with Crippen LogP contribution < -0.4 is 0 Å². The Balaban J connectivity index is 1.23. The molecular weight excluding hydrogens is 534 g/mol. The molecule has 0 aliphatic carbocycles. The highest BCUT2D eigenvalue weighted by Gasteiger charge is 2.16. The van der Waals surface area contributed by atoms with E-state index in [1.165, 1.54) is 60.3 Å². The zero-order chi connectivity index (χ0) is 29.0. The minimum absolute atomic E-state index is 1.11. The summed E-state index contributed by atoms with van der Waals surface area (Å²) in [6, 6.07) is 54.5. The van der Waals surface area contributed by atoms with Crippen molar-refractivity contribution < 1.29 is 0 Å². The first-order chi connectivity index (χ1) is 21.8. The van der Waals surface area contributed by atoms with Gasteiger partial charge < -0.3 is 9.13 Å². The van der Waals surface area contributed by atoms with Crippen LogP contribution in [0, 0.1) is 0 Å². The number of hydrogen-bond acceptors (Lipinski definition) is 1. The third kappa shape index (κ3) is 3.80. The number of fused-ring (bicyclic) bond motifs is 6. The van der Waals surface area contributed by atoms with Gasteiger partial charge in [-0.1, -0.05) is 91.0 Å². The van der Waals surface area contributed by atoms with Crippen molar-refractivity contribution in [1.29, 1.82) is 0 Å². The average Bonchev–Trinajstić information content (AvgIpc) is 3.61. The van der Waals surface area contributed by atoms with Gasteiger partial charge in [0.15, 0.2) is 0 Å². The minimum Gasteiger partial charge on any atom is -0.309 e. The lowest BCUT2D eigenvalue weighted by atomic mass is 10.0. The van der Waals surface area contributed by atoms with Gasteiger partial charge in [-0.3, -0.25) is 4.98 Å². The van der Waals surface area contributed by atoms with E-state index in [9.17, 15) is 0 Å². The Morgan fingerprint density at radius 1 is 0.341 bits per heavy atom. The van der Waals surface area contributed by atoms with Crippen molar-refractivity contribution in [3.8, 4) is 33.6 Å². The quantitative estimate of drug-likeness (QED) is 0.210. The maximum atomic E-state index is 4.46. The Labute approximate surface area is 254 Å². The van der Waals surface area contributed by atoms with Gasteiger partial charge in [-0.15, -0.1) is 0 Å². The molecule has 3 aromatic heterocycles. The highest BCUT2D eigenvalue weighted by Crippen LogP contribution is 2.38. The lowest BCUT2D eigenvalue weighted by molar-refractivity contribution is 1.17. The molecule has 3 heterocycles. The molecular formula is C41H27N3. The van der Waals surface area contributed by atoms with Crippen molar-refractivity contribution in [2.24, 2.45) is 0 Å². The molecule has 0 aliphatic heterocycles. The van der Waals surface area contributed by atoms with Gasteiger partial charge in [0.1, 0.15) is 0 Å². The Morgan fingerprint density at radius 2 is 0.886 bits per heavy atom. The van der Waals surface area contributed by atoms with E-state index in [0.29, 0.717) is 0 Å². The molecule has 3 nitrogen and oxygen atoms in total. The van der Waals surface area contributed by atoms with E-state index in [2.05, 4.69) is 166 Å². The molecule has 0 aliphatic rings. The number of benzene rings is 6. The topological polar surface area (TPSA) is 22.8 Å². The van der Waals surface area contributed by atoms with E-state index in [1.807, 2.05) is 12.4 Å². The van der Waals surface area contributed by atoms with E-state index < -0.39 is 0 Å². The number of para-hydroxylation sites is 2. The highest BCUT2D eigenvalue weighted by atomic mass is 15.0. The molecule has 0 saturated heterocycles. The highest BCUT2D eigenvalue weighted by molar-refractivity contribution is 6.12. The summed E-state index contributed by atoms with van der Waals surface area (Å²) in [5, 5.41) is 4.93. The Bertz CT molecular complexity index is 2480. The minimum atomic E-state index is 1.11. The lowest BCUT2D eigenvalue weighted by Gasteiger charge is -2.11. The number of nitrogens with zero attached hydrogens (tertiary/aromatic N) is 3. The van der Waals surface area contributed by atoms with Crippen LogP contribution in [-0.4, -0.2) is 14.1 Å². The van der Waals surface area contributed by atoms with Crippen LogP contribution in [0.25, 0.3) is 77.2 Å². The largest absolute Gasteiger partial charge is 0.309 e. The maximum Gasteiger partial charge on any atom is 0.0724 e. The van der Waals surface area contributed by atoms with Crippen molar-refractivity contribution in [3.63, 3.8) is 0 Å². The maximum absolute atomic E-state index is 4.46. The third-order valence-electron chi connectivity index (χ3n) is 8.80. The summed E-state index contributed by atoms with van der Waals surface area (Å²) < 4.78 is 4.70. The van der Waals surface area contributed by atoms with Gasteiger partial charge in [0.05, 0.1) is 28.3 Å². The van der Waals surface area contributed by atoms with Crippen LogP contribution in [0.2, 0.25) is 0 Å². The van der Waals surface area contributed by atoms with E-state index in [4.69, 9.17) is 0 Å². The molecule has 0 atom stereocenters. The Hall–Kier alpha value is -5.93. The fraction of sp³-hybridized carbons (Fsp3) is 0. The first kappa shape index (κ1) is 24.6. The van der Waals surface area contributed by atoms with Gasteiger partial charge >= 0.3 is 0 Å². The summed E-state index contributed by atoms with van der Waals surface area (Å²) in [6.45, 7) is 0. The monoisotopic (exact) mass is 561 g/mol. The zero-order valence-electron chi connectivity index (χ0n) is 23.9. The predicted octanol–water partition coefficient (Wildman–Crippen LogP) is 10.6. The summed E-state index contributed by atoms with van der Waals surface area (Å²) in [6.07, 6.45) is 3.85. The summed E-state index contributed by atoms with van der Waals surface area (Å²) >= 11 is 0. The smallest absolute Gasteiger partial charge is 0.0724 e. The fourth-order valence-electron chi connectivity index (χ4n) is 6.79. The summed E-state index contributed by atoms with van der Waals surface area (Å²) in [4.78, 5) is 4.46. The molecule has 206 valence electrons. The molecule has 44 heavy (non-hydrogen) atoms. The van der Waals surface area contributed by atoms with E-state index in [1.54, 1.807) is 0 Å². The van der Waals surface area contributed by atoms with E-state index >= 15 is 0 Å². The van der Waals surface area contributed by atoms with Crippen molar-refractivity contribution in [2.45, 2.75) is 0 Å². The number of rotatable bonds is 4. The standard InChI is InChI=1S/C41H27N3/c1-3-10-28(11-4-1)29-12-9-15-33(24-29)44-38-17-8-7-16-34(38)36-25-30(19-21-40(36)44)31-18-20-39-37(26-31)35-22-23-42-27-41(35)43(39)32-13-5-2-6-14-32/h1-27H. The van der Waals surface area contributed by atoms with Gasteiger partial charge in [-0.2, -0.15) is 0 Å². The molecule has 3 heteroatoms. The zero-order valence-corrected chi connectivity index (χ0v) is 23.9. The van der Waals surface area contributed by atoms with Crippen LogP contribution in [-0.2, 0) is 0 Å². The van der Waals surface area contributed by atoms with E-state index in [-0.39, 0.29) is 0 Å². The van der Waals surface area contributed by atoms with Crippen LogP contribution in [0.15, 0.2) is 164 Å². The van der Waals surface area contributed by atoms with Crippen LogP contribution in [0.4, 0.5) is 0 Å². The lowest BCUT2D eigenvalue weighted by Crippen LogP contribution is -1.94. The Kier molecular flexibility index (Phi) is 5.50. The van der Waals surface area contributed by atoms with Crippen LogP contribution in [0.3, 0.4) is 0 Å². The molecule has 9 aromatic rings. The molecule has 9 rings (SSSR count). The molecule has 0 saturated carbocycles. The normalized spacial score (nSPS) is 11.6. The van der Waals surface area contributed by atoms with Crippen molar-refractivity contribution >= 4 is 43.6 Å². The van der Waals surface area contributed by atoms with Gasteiger partial charge in [-0.05, 0) is 82.9 Å². The molecule has 0 spiro atoms. The first-order valence-corrected chi connectivity index (χ1v) is 15.0. The Morgan fingerprint density at radius 3 is 1.64 bits per heavy atom. The number of aromatic nitrogens is 3. The predicted molar refractivity (Wildman–Crippen MR) is 184 cm³/mol. The van der Waals surface area contributed by atoms with Crippen LogP contribution in [0.1, 0.15) is 0 Å². The van der Waals surface area contributed by atoms with Gasteiger partial charge in [0, 0.05) is 39.1 Å². The second kappa shape index (κ2) is 9.82. The van der Waals surface area contributed by atoms with Crippen LogP contribution >= 0.6 is 0 Å². The van der Waals surface area contributed by atoms with Gasteiger partial charge in [0.25, 0.3) is 0 Å². The first-order valence-electron chi connectivity index (χ1n) is 15.0. The summed E-state index contributed by atoms with van der Waals surface area (Å²) in [7, 11) is 0. The second-order valence-corrected chi connectivity index (χ2v) is 11.3. The molecule has 6 aromatic carbocycles. The molecule has 0 N–H and O–H groups in total. The van der Waals surface area contributed by atoms with E-state index in [0.717, 1.165) is 16.9 Å². The van der Waals surface area contributed by atoms with Gasteiger partial charge in [0.2, 0.25) is 0 Å². The SMILES string of the molecule is c1ccc(-c2cccc(-n3c4ccccc4c4cc(-c5ccc6c(c5)c5ccncc5n6-c5ccccc5)ccc43)c2)cc1.